The Morgan fingerprint density at radius 3 is 2.37 bits per heavy atom. The molecule has 0 fully saturated rings. The largest absolute Gasteiger partial charge is 0.0921 e. The molecule has 2 rings (SSSR count). The second kappa shape index (κ2) is 6.78. The molecule has 0 bridgehead atoms. The summed E-state index contributed by atoms with van der Waals surface area (Å²) in [5.74, 6) is 0.400. The van der Waals surface area contributed by atoms with Crippen molar-refractivity contribution in [2.45, 2.75) is 19.3 Å². The summed E-state index contributed by atoms with van der Waals surface area (Å²) in [5, 5.41) is 2.41. The summed E-state index contributed by atoms with van der Waals surface area (Å²) in [4.78, 5) is 0. The highest BCUT2D eigenvalue weighted by atomic mass is 79.9. The quantitative estimate of drug-likeness (QED) is 0.586. The maximum atomic E-state index is 6.24. The molecule has 0 N–H and O–H groups in total. The highest BCUT2D eigenvalue weighted by Crippen LogP contribution is 2.28. The maximum Gasteiger partial charge on any atom is 0.0439 e. The van der Waals surface area contributed by atoms with Gasteiger partial charge in [-0.3, -0.25) is 0 Å². The Balaban J connectivity index is 2.23. The van der Waals surface area contributed by atoms with Crippen molar-refractivity contribution in [3.8, 4) is 0 Å². The lowest BCUT2D eigenvalue weighted by molar-refractivity contribution is 0.775. The van der Waals surface area contributed by atoms with E-state index in [-0.39, 0.29) is 0 Å². The predicted octanol–water partition coefficient (Wildman–Crippen LogP) is 6.02. The standard InChI is InChI=1S/C16H15BrCl2/c1-11-2-4-12(5-3-11)14(10-17)8-13-9-15(18)6-7-16(13)19/h2-7,9,14H,8,10H2,1H3. The topological polar surface area (TPSA) is 0 Å². The van der Waals surface area contributed by atoms with Gasteiger partial charge in [-0.1, -0.05) is 69.0 Å². The van der Waals surface area contributed by atoms with Crippen molar-refractivity contribution in [1.29, 1.82) is 0 Å². The Morgan fingerprint density at radius 2 is 1.74 bits per heavy atom. The van der Waals surface area contributed by atoms with Crippen molar-refractivity contribution in [3.63, 3.8) is 0 Å². The van der Waals surface area contributed by atoms with Gasteiger partial charge in [0.2, 0.25) is 0 Å². The molecule has 2 aromatic rings. The normalized spacial score (nSPS) is 12.4. The first-order valence-electron chi connectivity index (χ1n) is 6.16. The van der Waals surface area contributed by atoms with Gasteiger partial charge in [0.15, 0.2) is 0 Å². The summed E-state index contributed by atoms with van der Waals surface area (Å²) in [5.41, 5.74) is 3.69. The molecule has 2 aromatic carbocycles. The number of hydrogen-bond donors (Lipinski definition) is 0. The number of rotatable bonds is 4. The molecule has 0 saturated heterocycles. The van der Waals surface area contributed by atoms with Crippen LogP contribution in [-0.2, 0) is 6.42 Å². The average molecular weight is 358 g/mol. The van der Waals surface area contributed by atoms with Crippen LogP contribution in [0.2, 0.25) is 10.0 Å². The van der Waals surface area contributed by atoms with E-state index >= 15 is 0 Å². The lowest BCUT2D eigenvalue weighted by Crippen LogP contribution is -2.05. The molecule has 1 unspecified atom stereocenters. The fourth-order valence-electron chi connectivity index (χ4n) is 2.07. The molecule has 1 atom stereocenters. The number of halogens is 3. The van der Waals surface area contributed by atoms with Crippen LogP contribution in [0.25, 0.3) is 0 Å². The first-order chi connectivity index (χ1) is 9.10. The van der Waals surface area contributed by atoms with Crippen LogP contribution in [0.3, 0.4) is 0 Å². The molecule has 0 nitrogen and oxygen atoms in total. The highest BCUT2D eigenvalue weighted by molar-refractivity contribution is 9.09. The molecule has 0 radical (unpaired) electrons. The molecule has 0 aliphatic heterocycles. The molecule has 19 heavy (non-hydrogen) atoms. The van der Waals surface area contributed by atoms with Gasteiger partial charge in [0, 0.05) is 15.4 Å². The molecule has 0 spiro atoms. The van der Waals surface area contributed by atoms with Crippen LogP contribution in [-0.4, -0.2) is 5.33 Å². The molecule has 0 aromatic heterocycles. The van der Waals surface area contributed by atoms with Gasteiger partial charge >= 0.3 is 0 Å². The van der Waals surface area contributed by atoms with E-state index in [2.05, 4.69) is 47.1 Å². The fourth-order valence-corrected chi connectivity index (χ4v) is 3.06. The summed E-state index contributed by atoms with van der Waals surface area (Å²) in [6, 6.07) is 14.3. The Morgan fingerprint density at radius 1 is 1.05 bits per heavy atom. The minimum atomic E-state index is 0.400. The molecule has 0 aliphatic carbocycles. The SMILES string of the molecule is Cc1ccc(C(CBr)Cc2cc(Cl)ccc2Cl)cc1. The molecule has 3 heteroatoms. The maximum absolute atomic E-state index is 6.24. The van der Waals surface area contributed by atoms with Crippen LogP contribution < -0.4 is 0 Å². The van der Waals surface area contributed by atoms with E-state index in [9.17, 15) is 0 Å². The van der Waals surface area contributed by atoms with E-state index in [1.807, 2.05) is 18.2 Å². The third-order valence-electron chi connectivity index (χ3n) is 3.21. The second-order valence-corrected chi connectivity index (χ2v) is 6.19. The molecule has 0 amide bonds. The summed E-state index contributed by atoms with van der Waals surface area (Å²) in [6.45, 7) is 2.10. The zero-order valence-electron chi connectivity index (χ0n) is 10.7. The van der Waals surface area contributed by atoms with Gasteiger partial charge in [-0.25, -0.2) is 0 Å². The van der Waals surface area contributed by atoms with Crippen molar-refractivity contribution >= 4 is 39.1 Å². The van der Waals surface area contributed by atoms with Gasteiger partial charge in [-0.05, 0) is 48.6 Å². The summed E-state index contributed by atoms with van der Waals surface area (Å²) in [6.07, 6.45) is 0.883. The molecule has 0 heterocycles. The fraction of sp³-hybridized carbons (Fsp3) is 0.250. The minimum absolute atomic E-state index is 0.400. The molecule has 0 saturated carbocycles. The number of hydrogen-bond acceptors (Lipinski definition) is 0. The van der Waals surface area contributed by atoms with Crippen LogP contribution in [0.15, 0.2) is 42.5 Å². The number of benzene rings is 2. The van der Waals surface area contributed by atoms with Gasteiger partial charge in [0.1, 0.15) is 0 Å². The van der Waals surface area contributed by atoms with E-state index in [1.54, 1.807) is 0 Å². The Hall–Kier alpha value is -0.500. The number of alkyl halides is 1. The van der Waals surface area contributed by atoms with Crippen molar-refractivity contribution in [3.05, 3.63) is 69.2 Å². The summed E-state index contributed by atoms with van der Waals surface area (Å²) in [7, 11) is 0. The van der Waals surface area contributed by atoms with Crippen LogP contribution in [0.5, 0.6) is 0 Å². The summed E-state index contributed by atoms with van der Waals surface area (Å²) >= 11 is 15.9. The van der Waals surface area contributed by atoms with Crippen molar-refractivity contribution in [2.24, 2.45) is 0 Å². The van der Waals surface area contributed by atoms with E-state index < -0.39 is 0 Å². The zero-order valence-corrected chi connectivity index (χ0v) is 13.8. The average Bonchev–Trinajstić information content (AvgIpc) is 2.41. The third-order valence-corrected chi connectivity index (χ3v) is 4.59. The monoisotopic (exact) mass is 356 g/mol. The number of aryl methyl sites for hydroxylation is 1. The van der Waals surface area contributed by atoms with Crippen molar-refractivity contribution in [1.82, 2.24) is 0 Å². The predicted molar refractivity (Wildman–Crippen MR) is 87.9 cm³/mol. The molecular formula is C16H15BrCl2. The van der Waals surface area contributed by atoms with Gasteiger partial charge in [0.25, 0.3) is 0 Å². The van der Waals surface area contributed by atoms with Gasteiger partial charge in [-0.2, -0.15) is 0 Å². The van der Waals surface area contributed by atoms with Crippen LogP contribution in [0, 0.1) is 6.92 Å². The smallest absolute Gasteiger partial charge is 0.0439 e. The zero-order chi connectivity index (χ0) is 13.8. The van der Waals surface area contributed by atoms with E-state index in [4.69, 9.17) is 23.2 Å². The lowest BCUT2D eigenvalue weighted by atomic mass is 9.93. The minimum Gasteiger partial charge on any atom is -0.0921 e. The first kappa shape index (κ1) is 14.9. The van der Waals surface area contributed by atoms with Crippen molar-refractivity contribution in [2.75, 3.05) is 5.33 Å². The Kier molecular flexibility index (Phi) is 5.32. The molecule has 0 aliphatic rings. The van der Waals surface area contributed by atoms with Crippen LogP contribution in [0.1, 0.15) is 22.6 Å². The Labute approximate surface area is 132 Å². The van der Waals surface area contributed by atoms with Gasteiger partial charge in [-0.15, -0.1) is 0 Å². The van der Waals surface area contributed by atoms with Crippen LogP contribution >= 0.6 is 39.1 Å². The molecule has 100 valence electrons. The lowest BCUT2D eigenvalue weighted by Gasteiger charge is -2.16. The van der Waals surface area contributed by atoms with Crippen LogP contribution in [0.4, 0.5) is 0 Å². The third kappa shape index (κ3) is 3.98. The van der Waals surface area contributed by atoms with E-state index in [0.29, 0.717) is 5.92 Å². The van der Waals surface area contributed by atoms with E-state index in [1.165, 1.54) is 11.1 Å². The van der Waals surface area contributed by atoms with Crippen molar-refractivity contribution < 1.29 is 0 Å². The highest BCUT2D eigenvalue weighted by Gasteiger charge is 2.13. The Bertz CT molecular complexity index is 549. The second-order valence-electron chi connectivity index (χ2n) is 4.70. The van der Waals surface area contributed by atoms with Gasteiger partial charge in [0.05, 0.1) is 0 Å². The molecular weight excluding hydrogens is 343 g/mol. The van der Waals surface area contributed by atoms with Gasteiger partial charge < -0.3 is 0 Å². The summed E-state index contributed by atoms with van der Waals surface area (Å²) < 4.78 is 0. The van der Waals surface area contributed by atoms with E-state index in [0.717, 1.165) is 27.4 Å². The first-order valence-corrected chi connectivity index (χ1v) is 8.04.